The number of rotatable bonds is 9. The van der Waals surface area contributed by atoms with Crippen molar-refractivity contribution in [3.05, 3.63) is 89.5 Å². The summed E-state index contributed by atoms with van der Waals surface area (Å²) in [6.07, 6.45) is -0.644. The summed E-state index contributed by atoms with van der Waals surface area (Å²) in [5.74, 6) is 0.117. The summed E-state index contributed by atoms with van der Waals surface area (Å²) >= 11 is 0. The van der Waals surface area contributed by atoms with Crippen LogP contribution in [0.1, 0.15) is 27.5 Å². The van der Waals surface area contributed by atoms with Gasteiger partial charge in [-0.2, -0.15) is 0 Å². The molecule has 3 rings (SSSR count). The molecule has 0 aliphatic heterocycles. The van der Waals surface area contributed by atoms with Crippen LogP contribution in [0, 0.1) is 0 Å². The quantitative estimate of drug-likeness (QED) is 0.451. The molecule has 0 radical (unpaired) electrons. The maximum atomic E-state index is 12.8. The molecule has 3 aromatic rings. The van der Waals surface area contributed by atoms with Gasteiger partial charge in [0.15, 0.2) is 6.61 Å². The molecule has 0 spiro atoms. The maximum absolute atomic E-state index is 12.8. The van der Waals surface area contributed by atoms with Gasteiger partial charge in [0.05, 0.1) is 38.6 Å². The molecular formula is C27H28N2O7. The van der Waals surface area contributed by atoms with Gasteiger partial charge in [-0.15, -0.1) is 0 Å². The second-order valence-electron chi connectivity index (χ2n) is 7.67. The molecule has 0 fully saturated rings. The van der Waals surface area contributed by atoms with Gasteiger partial charge in [-0.05, 0) is 47.5 Å². The number of hydrogen-bond donors (Lipinski definition) is 1. The summed E-state index contributed by atoms with van der Waals surface area (Å²) < 4.78 is 20.4. The van der Waals surface area contributed by atoms with Gasteiger partial charge >= 0.3 is 12.1 Å². The average molecular weight is 493 g/mol. The average Bonchev–Trinajstić information content (AvgIpc) is 2.94. The Bertz CT molecular complexity index is 1150. The summed E-state index contributed by atoms with van der Waals surface area (Å²) in [5.41, 5.74) is 2.04. The predicted molar refractivity (Wildman–Crippen MR) is 134 cm³/mol. The number of benzene rings is 3. The third-order valence-electron chi connectivity index (χ3n) is 5.47. The van der Waals surface area contributed by atoms with E-state index >= 15 is 0 Å². The van der Waals surface area contributed by atoms with Crippen LogP contribution in [0.5, 0.6) is 11.5 Å². The van der Waals surface area contributed by atoms with E-state index in [4.69, 9.17) is 18.9 Å². The normalized spacial score (nSPS) is 10.4. The first kappa shape index (κ1) is 26.1. The summed E-state index contributed by atoms with van der Waals surface area (Å²) in [6, 6.07) is 20.5. The molecule has 9 heteroatoms. The fraction of sp³-hybridized carbons (Fsp3) is 0.222. The first-order chi connectivity index (χ1) is 17.4. The second-order valence-corrected chi connectivity index (χ2v) is 7.67. The molecule has 36 heavy (non-hydrogen) atoms. The van der Waals surface area contributed by atoms with Gasteiger partial charge in [-0.25, -0.2) is 9.59 Å². The van der Waals surface area contributed by atoms with E-state index in [0.29, 0.717) is 17.2 Å². The zero-order chi connectivity index (χ0) is 26.1. The molecule has 0 aromatic heterocycles. The molecule has 0 aliphatic rings. The smallest absolute Gasteiger partial charge is 0.413 e. The summed E-state index contributed by atoms with van der Waals surface area (Å²) in [4.78, 5) is 38.7. The lowest BCUT2D eigenvalue weighted by Gasteiger charge is -2.21. The fourth-order valence-electron chi connectivity index (χ4n) is 3.54. The number of hydrogen-bond acceptors (Lipinski definition) is 7. The standard InChI is InChI=1S/C27H28N2O7/c1-29(27(32)35-4)23-8-6-5-7-22(23)26(31)36-17-24(30)28-25(18-9-13-20(33-2)14-10-18)19-11-15-21(34-3)16-12-19/h5-16,25H,17H2,1-4H3,(H,28,30). The molecule has 0 heterocycles. The molecule has 9 nitrogen and oxygen atoms in total. The van der Waals surface area contributed by atoms with Gasteiger partial charge in [0, 0.05) is 7.05 Å². The molecule has 0 saturated heterocycles. The van der Waals surface area contributed by atoms with E-state index in [2.05, 4.69) is 5.32 Å². The van der Waals surface area contributed by atoms with Crippen LogP contribution >= 0.6 is 0 Å². The number of carbonyl (C=O) groups excluding carboxylic acids is 3. The van der Waals surface area contributed by atoms with Crippen LogP contribution in [-0.4, -0.2) is 53.0 Å². The Kier molecular flexibility index (Phi) is 8.88. The Balaban J connectivity index is 1.75. The molecule has 0 aliphatic carbocycles. The highest BCUT2D eigenvalue weighted by molar-refractivity contribution is 6.01. The van der Waals surface area contributed by atoms with Crippen molar-refractivity contribution in [1.29, 1.82) is 0 Å². The number of ether oxygens (including phenoxy) is 4. The Morgan fingerprint density at radius 3 is 1.83 bits per heavy atom. The summed E-state index contributed by atoms with van der Waals surface area (Å²) in [6.45, 7) is -0.516. The van der Waals surface area contributed by atoms with E-state index in [1.807, 2.05) is 24.3 Å². The molecular weight excluding hydrogens is 464 g/mol. The highest BCUT2D eigenvalue weighted by Crippen LogP contribution is 2.26. The number of para-hydroxylation sites is 1. The molecule has 1 N–H and O–H groups in total. The second kappa shape index (κ2) is 12.3. The van der Waals surface area contributed by atoms with Gasteiger partial charge in [-0.3, -0.25) is 9.69 Å². The van der Waals surface area contributed by atoms with Crippen LogP contribution < -0.4 is 19.7 Å². The largest absolute Gasteiger partial charge is 0.497 e. The number of amides is 2. The minimum atomic E-state index is -0.748. The Labute approximate surface area is 209 Å². The summed E-state index contributed by atoms with van der Waals surface area (Å²) in [7, 11) is 5.87. The minimum absolute atomic E-state index is 0.125. The lowest BCUT2D eigenvalue weighted by atomic mass is 9.98. The van der Waals surface area contributed by atoms with Crippen molar-refractivity contribution in [3.63, 3.8) is 0 Å². The van der Waals surface area contributed by atoms with Crippen molar-refractivity contribution in [2.45, 2.75) is 6.04 Å². The van der Waals surface area contributed by atoms with Crippen LogP contribution in [0.25, 0.3) is 0 Å². The van der Waals surface area contributed by atoms with Crippen molar-refractivity contribution in [3.8, 4) is 11.5 Å². The zero-order valence-corrected chi connectivity index (χ0v) is 20.5. The topological polar surface area (TPSA) is 103 Å². The minimum Gasteiger partial charge on any atom is -0.497 e. The monoisotopic (exact) mass is 492 g/mol. The highest BCUT2D eigenvalue weighted by Gasteiger charge is 2.22. The molecule has 0 saturated carbocycles. The van der Waals surface area contributed by atoms with Crippen molar-refractivity contribution in [2.24, 2.45) is 0 Å². The van der Waals surface area contributed by atoms with E-state index in [1.165, 1.54) is 25.1 Å². The zero-order valence-electron chi connectivity index (χ0n) is 20.5. The van der Waals surface area contributed by atoms with Crippen LogP contribution in [0.4, 0.5) is 10.5 Å². The maximum Gasteiger partial charge on any atom is 0.413 e. The SMILES string of the molecule is COC(=O)N(C)c1ccccc1C(=O)OCC(=O)NC(c1ccc(OC)cc1)c1ccc(OC)cc1. The number of nitrogens with one attached hydrogen (secondary N) is 1. The third kappa shape index (κ3) is 6.32. The van der Waals surface area contributed by atoms with E-state index < -0.39 is 30.6 Å². The fourth-order valence-corrected chi connectivity index (χ4v) is 3.54. The molecule has 2 amide bonds. The van der Waals surface area contributed by atoms with E-state index in [1.54, 1.807) is 56.7 Å². The van der Waals surface area contributed by atoms with E-state index in [-0.39, 0.29) is 5.56 Å². The number of carbonyl (C=O) groups is 3. The number of methoxy groups -OCH3 is 3. The van der Waals surface area contributed by atoms with Gasteiger partial charge in [0.25, 0.3) is 5.91 Å². The Morgan fingerprint density at radius 1 is 0.806 bits per heavy atom. The molecule has 0 unspecified atom stereocenters. The van der Waals surface area contributed by atoms with Crippen LogP contribution in [0.2, 0.25) is 0 Å². The highest BCUT2D eigenvalue weighted by atomic mass is 16.5. The van der Waals surface area contributed by atoms with E-state index in [0.717, 1.165) is 11.1 Å². The van der Waals surface area contributed by atoms with Gasteiger partial charge in [-0.1, -0.05) is 36.4 Å². The lowest BCUT2D eigenvalue weighted by Crippen LogP contribution is -2.33. The van der Waals surface area contributed by atoms with Crippen molar-refractivity contribution >= 4 is 23.7 Å². The van der Waals surface area contributed by atoms with Crippen LogP contribution in [0.3, 0.4) is 0 Å². The van der Waals surface area contributed by atoms with Crippen molar-refractivity contribution in [1.82, 2.24) is 5.32 Å². The Hall–Kier alpha value is -4.53. The molecule has 188 valence electrons. The van der Waals surface area contributed by atoms with Crippen LogP contribution in [0.15, 0.2) is 72.8 Å². The van der Waals surface area contributed by atoms with E-state index in [9.17, 15) is 14.4 Å². The third-order valence-corrected chi connectivity index (χ3v) is 5.47. The predicted octanol–water partition coefficient (Wildman–Crippen LogP) is 3.97. The number of esters is 1. The van der Waals surface area contributed by atoms with Gasteiger partial charge < -0.3 is 24.3 Å². The number of anilines is 1. The first-order valence-electron chi connectivity index (χ1n) is 11.0. The summed E-state index contributed by atoms with van der Waals surface area (Å²) in [5, 5.41) is 2.91. The number of nitrogens with zero attached hydrogens (tertiary/aromatic N) is 1. The van der Waals surface area contributed by atoms with Crippen molar-refractivity contribution in [2.75, 3.05) is 39.9 Å². The first-order valence-corrected chi connectivity index (χ1v) is 11.0. The Morgan fingerprint density at radius 2 is 1.33 bits per heavy atom. The van der Waals surface area contributed by atoms with Gasteiger partial charge in [0.2, 0.25) is 0 Å². The van der Waals surface area contributed by atoms with Gasteiger partial charge in [0.1, 0.15) is 11.5 Å². The molecule has 0 atom stereocenters. The van der Waals surface area contributed by atoms with Crippen molar-refractivity contribution < 1.29 is 33.3 Å². The molecule has 3 aromatic carbocycles. The lowest BCUT2D eigenvalue weighted by molar-refractivity contribution is -0.124. The van der Waals surface area contributed by atoms with Crippen LogP contribution in [-0.2, 0) is 14.3 Å². The molecule has 0 bridgehead atoms.